The van der Waals surface area contributed by atoms with Gasteiger partial charge in [0.15, 0.2) is 0 Å². The number of rotatable bonds is 5. The lowest BCUT2D eigenvalue weighted by molar-refractivity contribution is -0.142. The molecule has 1 saturated carbocycles. The average molecular weight is 369 g/mol. The van der Waals surface area contributed by atoms with Crippen LogP contribution in [0.15, 0.2) is 36.4 Å². The van der Waals surface area contributed by atoms with Crippen molar-refractivity contribution >= 4 is 16.7 Å². The number of carbonyl (C=O) groups is 1. The van der Waals surface area contributed by atoms with Gasteiger partial charge in [0.1, 0.15) is 5.75 Å². The van der Waals surface area contributed by atoms with Gasteiger partial charge >= 0.3 is 5.97 Å². The Morgan fingerprint density at radius 2 is 1.67 bits per heavy atom. The molecule has 3 nitrogen and oxygen atoms in total. The first-order chi connectivity index (χ1) is 12.8. The lowest BCUT2D eigenvalue weighted by Crippen LogP contribution is -2.30. The quantitative estimate of drug-likeness (QED) is 0.614. The minimum Gasteiger partial charge on any atom is -0.490 e. The summed E-state index contributed by atoms with van der Waals surface area (Å²) in [6, 6.07) is 12.4. The van der Waals surface area contributed by atoms with E-state index in [0.29, 0.717) is 24.5 Å². The number of fused-ring (bicyclic) bond motifs is 1. The summed E-state index contributed by atoms with van der Waals surface area (Å²) in [6.07, 6.45) is 5.41. The second-order valence-corrected chi connectivity index (χ2v) is 8.78. The smallest absolute Gasteiger partial charge is 0.310 e. The van der Waals surface area contributed by atoms with Crippen molar-refractivity contribution in [3.8, 4) is 5.75 Å². The van der Waals surface area contributed by atoms with Gasteiger partial charge in [-0.3, -0.25) is 4.79 Å². The molecular weight excluding hydrogens is 336 g/mol. The van der Waals surface area contributed by atoms with E-state index in [-0.39, 0.29) is 5.97 Å². The highest BCUT2D eigenvalue weighted by Gasteiger charge is 2.30. The zero-order valence-electron chi connectivity index (χ0n) is 17.1. The maximum absolute atomic E-state index is 11.7. The van der Waals surface area contributed by atoms with Gasteiger partial charge in [-0.05, 0) is 72.4 Å². The normalized spacial score (nSPS) is 20.4. The zero-order valence-corrected chi connectivity index (χ0v) is 17.1. The first kappa shape index (κ1) is 19.7. The van der Waals surface area contributed by atoms with E-state index >= 15 is 0 Å². The lowest BCUT2D eigenvalue weighted by atomic mass is 9.72. The Morgan fingerprint density at radius 1 is 1.00 bits per heavy atom. The molecular formula is C24H32O3. The van der Waals surface area contributed by atoms with Crippen LogP contribution in [0.3, 0.4) is 0 Å². The fourth-order valence-electron chi connectivity index (χ4n) is 4.07. The number of hydrogen-bond donors (Lipinski definition) is 0. The van der Waals surface area contributed by atoms with Crippen LogP contribution in [0.5, 0.6) is 5.75 Å². The summed E-state index contributed by atoms with van der Waals surface area (Å²) in [5, 5.41) is 2.27. The molecule has 2 aromatic rings. The summed E-state index contributed by atoms with van der Waals surface area (Å²) in [5.41, 5.74) is 1.38. The van der Waals surface area contributed by atoms with Crippen LogP contribution in [0.2, 0.25) is 0 Å². The Hall–Kier alpha value is -2.03. The first-order valence-corrected chi connectivity index (χ1v) is 10.2. The molecule has 27 heavy (non-hydrogen) atoms. The minimum absolute atomic E-state index is 0.178. The van der Waals surface area contributed by atoms with E-state index in [1.165, 1.54) is 12.8 Å². The third kappa shape index (κ3) is 5.24. The van der Waals surface area contributed by atoms with Crippen molar-refractivity contribution in [2.75, 3.05) is 6.61 Å². The van der Waals surface area contributed by atoms with Gasteiger partial charge < -0.3 is 9.47 Å². The lowest BCUT2D eigenvalue weighted by Gasteiger charge is -2.37. The number of ether oxygens (including phenoxy) is 2. The van der Waals surface area contributed by atoms with Crippen molar-refractivity contribution in [2.24, 2.45) is 11.3 Å². The van der Waals surface area contributed by atoms with Crippen molar-refractivity contribution in [3.05, 3.63) is 42.0 Å². The van der Waals surface area contributed by atoms with E-state index in [2.05, 4.69) is 45.0 Å². The minimum atomic E-state index is -0.178. The van der Waals surface area contributed by atoms with Gasteiger partial charge in [0.25, 0.3) is 0 Å². The summed E-state index contributed by atoms with van der Waals surface area (Å²) < 4.78 is 11.3. The Balaban J connectivity index is 1.63. The molecule has 0 heterocycles. The van der Waals surface area contributed by atoms with E-state index in [0.717, 1.165) is 40.8 Å². The zero-order chi connectivity index (χ0) is 19.4. The van der Waals surface area contributed by atoms with Gasteiger partial charge in [0.05, 0.1) is 19.1 Å². The Labute approximate surface area is 163 Å². The number of carbonyl (C=O) groups excluding carboxylic acids is 1. The van der Waals surface area contributed by atoms with Gasteiger partial charge in [-0.25, -0.2) is 0 Å². The van der Waals surface area contributed by atoms with Crippen molar-refractivity contribution in [1.82, 2.24) is 0 Å². The molecule has 0 saturated heterocycles. The Morgan fingerprint density at radius 3 is 2.33 bits per heavy atom. The highest BCUT2D eigenvalue weighted by atomic mass is 16.5. The molecule has 1 aliphatic rings. The molecule has 3 heteroatoms. The molecule has 3 rings (SSSR count). The number of esters is 1. The molecule has 0 aliphatic heterocycles. The largest absolute Gasteiger partial charge is 0.490 e. The molecule has 146 valence electrons. The Kier molecular flexibility index (Phi) is 6.08. The van der Waals surface area contributed by atoms with E-state index in [4.69, 9.17) is 9.47 Å². The summed E-state index contributed by atoms with van der Waals surface area (Å²) in [6.45, 7) is 9.29. The standard InChI is InChI=1S/C24H32O3/c1-5-26-23(25)15-17-6-7-19-16-22(11-8-18(19)14-17)27-21-12-9-20(10-13-21)24(2,3)4/h6-8,11,14,16,20-21H,5,9-10,12-13,15H2,1-4H3. The molecule has 0 atom stereocenters. The van der Waals surface area contributed by atoms with Crippen LogP contribution in [0.25, 0.3) is 10.8 Å². The van der Waals surface area contributed by atoms with Crippen LogP contribution in [0.4, 0.5) is 0 Å². The second-order valence-electron chi connectivity index (χ2n) is 8.78. The highest BCUT2D eigenvalue weighted by molar-refractivity contribution is 5.85. The van der Waals surface area contributed by atoms with E-state index < -0.39 is 0 Å². The van der Waals surface area contributed by atoms with E-state index in [1.54, 1.807) is 0 Å². The van der Waals surface area contributed by atoms with E-state index in [9.17, 15) is 4.79 Å². The van der Waals surface area contributed by atoms with Gasteiger partial charge in [-0.1, -0.05) is 45.0 Å². The van der Waals surface area contributed by atoms with Crippen LogP contribution in [-0.4, -0.2) is 18.7 Å². The van der Waals surface area contributed by atoms with Crippen molar-refractivity contribution in [1.29, 1.82) is 0 Å². The third-order valence-electron chi connectivity index (χ3n) is 5.73. The molecule has 2 aromatic carbocycles. The van der Waals surface area contributed by atoms with Crippen molar-refractivity contribution in [2.45, 2.75) is 65.9 Å². The van der Waals surface area contributed by atoms with E-state index in [1.807, 2.05) is 19.1 Å². The molecule has 0 N–H and O–H groups in total. The predicted octanol–water partition coefficient (Wildman–Crippen LogP) is 5.93. The second kappa shape index (κ2) is 8.33. The number of benzene rings is 2. The topological polar surface area (TPSA) is 35.5 Å². The summed E-state index contributed by atoms with van der Waals surface area (Å²) in [4.78, 5) is 11.7. The Bertz CT molecular complexity index is 780. The average Bonchev–Trinajstić information content (AvgIpc) is 2.62. The summed E-state index contributed by atoms with van der Waals surface area (Å²) >= 11 is 0. The van der Waals surface area contributed by atoms with Crippen LogP contribution in [0.1, 0.15) is 58.9 Å². The highest BCUT2D eigenvalue weighted by Crippen LogP contribution is 2.39. The summed E-state index contributed by atoms with van der Waals surface area (Å²) in [7, 11) is 0. The first-order valence-electron chi connectivity index (χ1n) is 10.2. The molecule has 0 spiro atoms. The molecule has 1 aliphatic carbocycles. The fourth-order valence-corrected chi connectivity index (χ4v) is 4.07. The van der Waals surface area contributed by atoms with Crippen LogP contribution < -0.4 is 4.74 Å². The monoisotopic (exact) mass is 368 g/mol. The summed E-state index contributed by atoms with van der Waals surface area (Å²) in [5.74, 6) is 1.56. The van der Waals surface area contributed by atoms with Gasteiger partial charge in [0, 0.05) is 0 Å². The maximum atomic E-state index is 11.7. The van der Waals surface area contributed by atoms with Crippen molar-refractivity contribution in [3.63, 3.8) is 0 Å². The molecule has 0 bridgehead atoms. The maximum Gasteiger partial charge on any atom is 0.310 e. The number of hydrogen-bond acceptors (Lipinski definition) is 3. The molecule has 0 amide bonds. The fraction of sp³-hybridized carbons (Fsp3) is 0.542. The van der Waals surface area contributed by atoms with Gasteiger partial charge in [-0.2, -0.15) is 0 Å². The van der Waals surface area contributed by atoms with Crippen LogP contribution >= 0.6 is 0 Å². The van der Waals surface area contributed by atoms with Gasteiger partial charge in [-0.15, -0.1) is 0 Å². The third-order valence-corrected chi connectivity index (χ3v) is 5.73. The molecule has 1 fully saturated rings. The molecule has 0 aromatic heterocycles. The van der Waals surface area contributed by atoms with Crippen molar-refractivity contribution < 1.29 is 14.3 Å². The predicted molar refractivity (Wildman–Crippen MR) is 110 cm³/mol. The van der Waals surface area contributed by atoms with Gasteiger partial charge in [0.2, 0.25) is 0 Å². The van der Waals surface area contributed by atoms with Crippen LogP contribution in [-0.2, 0) is 16.0 Å². The molecule has 0 radical (unpaired) electrons. The molecule has 0 unspecified atom stereocenters. The van der Waals surface area contributed by atoms with Crippen LogP contribution in [0, 0.1) is 11.3 Å². The SMILES string of the molecule is CCOC(=O)Cc1ccc2cc(OC3CCC(C(C)(C)C)CC3)ccc2c1.